The van der Waals surface area contributed by atoms with Gasteiger partial charge in [-0.15, -0.1) is 0 Å². The van der Waals surface area contributed by atoms with Gasteiger partial charge in [0.2, 0.25) is 5.95 Å². The van der Waals surface area contributed by atoms with Crippen LogP contribution in [-0.4, -0.2) is 60.2 Å². The second kappa shape index (κ2) is 9.94. The Kier molecular flexibility index (Phi) is 6.19. The highest BCUT2D eigenvalue weighted by atomic mass is 19.1. The molecule has 0 unspecified atom stereocenters. The highest BCUT2D eigenvalue weighted by Gasteiger charge is 2.21. The first-order valence-electron chi connectivity index (χ1n) is 12.1. The number of ether oxygens (including phenoxy) is 2. The van der Waals surface area contributed by atoms with Crippen molar-refractivity contribution in [2.24, 2.45) is 0 Å². The number of hydrogen-bond acceptors (Lipinski definition) is 9. The first-order valence-corrected chi connectivity index (χ1v) is 12.1. The average molecular weight is 505 g/mol. The lowest BCUT2D eigenvalue weighted by Crippen LogP contribution is -2.33. The third-order valence-electron chi connectivity index (χ3n) is 6.16. The van der Waals surface area contributed by atoms with Gasteiger partial charge in [0.1, 0.15) is 18.8 Å². The van der Waals surface area contributed by atoms with Crippen LogP contribution in [0, 0.1) is 5.82 Å². The summed E-state index contributed by atoms with van der Waals surface area (Å²) in [7, 11) is 0. The summed E-state index contributed by atoms with van der Waals surface area (Å²) >= 11 is 0. The van der Waals surface area contributed by atoms with E-state index in [1.165, 1.54) is 0 Å². The van der Waals surface area contributed by atoms with Crippen LogP contribution in [0.4, 0.5) is 27.5 Å². The second-order valence-corrected chi connectivity index (χ2v) is 8.76. The first-order chi connectivity index (χ1) is 18.1. The zero-order valence-electron chi connectivity index (χ0n) is 19.9. The van der Waals surface area contributed by atoms with Crippen LogP contribution in [0.25, 0.3) is 11.0 Å². The van der Waals surface area contributed by atoms with E-state index < -0.39 is 5.82 Å². The molecule has 4 heterocycles. The SMILES string of the molecule is O=C(c1cc2cc(Nc3ncc(F)c(Nc4ccc5c(c4)OCCO5)n3)ccc2o1)N1CCCNCC1. The molecule has 0 radical (unpaired) electrons. The van der Waals surface area contributed by atoms with E-state index in [0.717, 1.165) is 31.1 Å². The molecule has 2 aliphatic heterocycles. The number of amides is 1. The molecule has 2 aromatic heterocycles. The van der Waals surface area contributed by atoms with Crippen LogP contribution >= 0.6 is 0 Å². The predicted molar refractivity (Wildman–Crippen MR) is 136 cm³/mol. The normalized spacial score (nSPS) is 15.3. The molecule has 1 fully saturated rings. The molecule has 2 aromatic carbocycles. The van der Waals surface area contributed by atoms with Gasteiger partial charge in [0, 0.05) is 42.5 Å². The Hall–Kier alpha value is -4.38. The molecule has 3 N–H and O–H groups in total. The molecule has 11 heteroatoms. The fourth-order valence-corrected chi connectivity index (χ4v) is 4.33. The van der Waals surface area contributed by atoms with Gasteiger partial charge in [0.25, 0.3) is 5.91 Å². The maximum absolute atomic E-state index is 14.5. The maximum Gasteiger partial charge on any atom is 0.289 e. The number of rotatable bonds is 5. The average Bonchev–Trinajstić information content (AvgIpc) is 3.15. The number of nitrogens with one attached hydrogen (secondary N) is 3. The van der Waals surface area contributed by atoms with Crippen LogP contribution in [0.15, 0.2) is 53.1 Å². The number of hydrogen-bond donors (Lipinski definition) is 3. The quantitative estimate of drug-likeness (QED) is 0.370. The lowest BCUT2D eigenvalue weighted by molar-refractivity contribution is 0.0737. The Balaban J connectivity index is 1.19. The first kappa shape index (κ1) is 23.0. The van der Waals surface area contributed by atoms with Crippen molar-refractivity contribution in [1.29, 1.82) is 0 Å². The van der Waals surface area contributed by atoms with E-state index in [2.05, 4.69) is 25.9 Å². The zero-order chi connectivity index (χ0) is 25.2. The molecule has 10 nitrogen and oxygen atoms in total. The molecule has 2 aliphatic rings. The summed E-state index contributed by atoms with van der Waals surface area (Å²) in [6, 6.07) is 12.4. The van der Waals surface area contributed by atoms with Gasteiger partial charge in [0.15, 0.2) is 28.9 Å². The summed E-state index contributed by atoms with van der Waals surface area (Å²) in [6.45, 7) is 3.96. The number of fused-ring (bicyclic) bond motifs is 2. The monoisotopic (exact) mass is 504 g/mol. The number of anilines is 4. The minimum Gasteiger partial charge on any atom is -0.486 e. The predicted octanol–water partition coefficient (Wildman–Crippen LogP) is 4.06. The van der Waals surface area contributed by atoms with Crippen LogP contribution in [0.1, 0.15) is 17.0 Å². The van der Waals surface area contributed by atoms with E-state index in [4.69, 9.17) is 13.9 Å². The van der Waals surface area contributed by atoms with Crippen molar-refractivity contribution in [3.8, 4) is 11.5 Å². The van der Waals surface area contributed by atoms with Gasteiger partial charge < -0.3 is 34.7 Å². The highest BCUT2D eigenvalue weighted by molar-refractivity contribution is 5.96. The Morgan fingerprint density at radius 2 is 1.81 bits per heavy atom. The summed E-state index contributed by atoms with van der Waals surface area (Å²) in [5.41, 5.74) is 1.87. The summed E-state index contributed by atoms with van der Waals surface area (Å²) < 4.78 is 31.4. The Morgan fingerprint density at radius 1 is 0.973 bits per heavy atom. The highest BCUT2D eigenvalue weighted by Crippen LogP contribution is 2.34. The van der Waals surface area contributed by atoms with Crippen LogP contribution in [-0.2, 0) is 0 Å². The summed E-state index contributed by atoms with van der Waals surface area (Å²) in [6.07, 6.45) is 2.00. The molecular formula is C26H25FN6O4. The van der Waals surface area contributed by atoms with Crippen molar-refractivity contribution in [1.82, 2.24) is 20.2 Å². The van der Waals surface area contributed by atoms with Gasteiger partial charge in [0.05, 0.1) is 6.20 Å². The van der Waals surface area contributed by atoms with Crippen molar-refractivity contribution in [2.75, 3.05) is 50.0 Å². The fraction of sp³-hybridized carbons (Fsp3) is 0.269. The number of carbonyl (C=O) groups is 1. The van der Waals surface area contributed by atoms with Crippen molar-refractivity contribution in [2.45, 2.75) is 6.42 Å². The second-order valence-electron chi connectivity index (χ2n) is 8.76. The van der Waals surface area contributed by atoms with Crippen molar-refractivity contribution in [3.63, 3.8) is 0 Å². The largest absolute Gasteiger partial charge is 0.486 e. The zero-order valence-corrected chi connectivity index (χ0v) is 19.9. The van der Waals surface area contributed by atoms with E-state index in [9.17, 15) is 9.18 Å². The molecule has 0 atom stereocenters. The van der Waals surface area contributed by atoms with E-state index in [-0.39, 0.29) is 17.7 Å². The molecule has 0 aliphatic carbocycles. The van der Waals surface area contributed by atoms with Crippen LogP contribution in [0.3, 0.4) is 0 Å². The molecule has 1 amide bonds. The number of halogens is 1. The lowest BCUT2D eigenvalue weighted by atomic mass is 10.2. The molecule has 37 heavy (non-hydrogen) atoms. The topological polar surface area (TPSA) is 114 Å². The lowest BCUT2D eigenvalue weighted by Gasteiger charge is -2.19. The molecule has 1 saturated heterocycles. The third-order valence-corrected chi connectivity index (χ3v) is 6.16. The van der Waals surface area contributed by atoms with Gasteiger partial charge >= 0.3 is 0 Å². The van der Waals surface area contributed by atoms with Crippen LogP contribution in [0.5, 0.6) is 11.5 Å². The number of benzene rings is 2. The van der Waals surface area contributed by atoms with E-state index in [0.29, 0.717) is 60.5 Å². The Morgan fingerprint density at radius 3 is 2.73 bits per heavy atom. The van der Waals surface area contributed by atoms with E-state index in [1.54, 1.807) is 41.3 Å². The smallest absolute Gasteiger partial charge is 0.289 e. The van der Waals surface area contributed by atoms with E-state index in [1.807, 2.05) is 6.07 Å². The molecule has 0 saturated carbocycles. The standard InChI is InChI=1S/C26H25FN6O4/c27-19-15-29-26(32-24(19)30-18-3-5-21-22(14-18)36-11-10-35-21)31-17-2-4-20-16(12-17)13-23(37-20)25(34)33-8-1-6-28-7-9-33/h2-5,12-15,28H,1,6-11H2,(H2,29,30,31,32). The third kappa shape index (κ3) is 4.98. The van der Waals surface area contributed by atoms with Gasteiger partial charge in [-0.2, -0.15) is 4.98 Å². The summed E-state index contributed by atoms with van der Waals surface area (Å²) in [5, 5.41) is 10.1. The minimum absolute atomic E-state index is 0.0124. The van der Waals surface area contributed by atoms with E-state index >= 15 is 0 Å². The maximum atomic E-state index is 14.5. The molecule has 0 bridgehead atoms. The number of furan rings is 1. The molecular weight excluding hydrogens is 479 g/mol. The van der Waals surface area contributed by atoms with Crippen molar-refractivity contribution >= 4 is 40.0 Å². The van der Waals surface area contributed by atoms with Crippen molar-refractivity contribution < 1.29 is 23.1 Å². The van der Waals surface area contributed by atoms with Gasteiger partial charge in [-0.25, -0.2) is 9.37 Å². The number of nitrogens with zero attached hydrogens (tertiary/aromatic N) is 3. The van der Waals surface area contributed by atoms with Crippen LogP contribution in [0.2, 0.25) is 0 Å². The molecule has 6 rings (SSSR count). The molecule has 0 spiro atoms. The van der Waals surface area contributed by atoms with Gasteiger partial charge in [-0.05, 0) is 49.4 Å². The summed E-state index contributed by atoms with van der Waals surface area (Å²) in [5.74, 6) is 1.03. The van der Waals surface area contributed by atoms with Gasteiger partial charge in [-0.3, -0.25) is 4.79 Å². The minimum atomic E-state index is -0.599. The Labute approximate surface area is 211 Å². The van der Waals surface area contributed by atoms with Crippen molar-refractivity contribution in [3.05, 3.63) is 60.2 Å². The fourth-order valence-electron chi connectivity index (χ4n) is 4.33. The summed E-state index contributed by atoms with van der Waals surface area (Å²) in [4.78, 5) is 23.1. The van der Waals surface area contributed by atoms with Crippen LogP contribution < -0.4 is 25.4 Å². The Bertz CT molecular complexity index is 1450. The van der Waals surface area contributed by atoms with Gasteiger partial charge in [-0.1, -0.05) is 0 Å². The molecule has 190 valence electrons. The number of carbonyl (C=O) groups excluding carboxylic acids is 1. The number of aromatic nitrogens is 2. The molecule has 4 aromatic rings.